The maximum atomic E-state index is 6.33. The Morgan fingerprint density at radius 3 is 2.30 bits per heavy atom. The summed E-state index contributed by atoms with van der Waals surface area (Å²) in [5.41, 5.74) is 9.53. The predicted molar refractivity (Wildman–Crippen MR) is 168 cm³/mol. The van der Waals surface area contributed by atoms with Gasteiger partial charge in [0.15, 0.2) is 5.65 Å². The summed E-state index contributed by atoms with van der Waals surface area (Å²) in [6.45, 7) is 4.18. The molecule has 0 fully saturated rings. The van der Waals surface area contributed by atoms with Crippen molar-refractivity contribution in [1.29, 1.82) is 0 Å². The van der Waals surface area contributed by atoms with E-state index in [0.717, 1.165) is 66.9 Å². The van der Waals surface area contributed by atoms with Crippen LogP contribution >= 0.6 is 0 Å². The van der Waals surface area contributed by atoms with Gasteiger partial charge in [0.05, 0.1) is 16.9 Å². The van der Waals surface area contributed by atoms with Crippen molar-refractivity contribution in [1.82, 2.24) is 19.5 Å². The molecule has 0 unspecified atom stereocenters. The van der Waals surface area contributed by atoms with Crippen LogP contribution in [0.15, 0.2) is 126 Å². The first kappa shape index (κ1) is 28.2. The number of aryl methyl sites for hydroxylation is 2. The number of hydrogen-bond acceptors (Lipinski definition) is 4. The standard InChI is InChI=1S/C26H18N3O.C11H8N.Ir/c1-16-12-13-20(24-22(16)19-10-6-7-11-21(19)30-24)26-28-25-23(17(2)14-15-27-25)29(26)18-8-4-3-5-9-18;1-2-6-10(7-3-1)11-8-4-5-9-12-11;/h3-12,14-15H,1-2H3;1-6,8-9H;/q2*-1;. The fraction of sp³-hybridized carbons (Fsp3) is 0.0541. The molecule has 1 radical (unpaired) electrons. The maximum Gasteiger partial charge on any atom is 0.168 e. The number of hydrogen-bond donors (Lipinski definition) is 0. The van der Waals surface area contributed by atoms with Crippen molar-refractivity contribution in [2.45, 2.75) is 13.8 Å². The van der Waals surface area contributed by atoms with E-state index in [9.17, 15) is 0 Å². The van der Waals surface area contributed by atoms with Gasteiger partial charge in [0.1, 0.15) is 5.58 Å². The predicted octanol–water partition coefficient (Wildman–Crippen LogP) is 8.95. The zero-order valence-electron chi connectivity index (χ0n) is 23.6. The van der Waals surface area contributed by atoms with E-state index in [0.29, 0.717) is 5.65 Å². The summed E-state index contributed by atoms with van der Waals surface area (Å²) in [7, 11) is 0. The van der Waals surface area contributed by atoms with Gasteiger partial charge in [0.2, 0.25) is 0 Å². The van der Waals surface area contributed by atoms with Crippen LogP contribution in [0.25, 0.3) is 61.4 Å². The molecule has 0 spiro atoms. The van der Waals surface area contributed by atoms with E-state index in [4.69, 9.17) is 9.40 Å². The smallest absolute Gasteiger partial charge is 0.168 e. The van der Waals surface area contributed by atoms with Gasteiger partial charge in [-0.25, -0.2) is 4.98 Å². The summed E-state index contributed by atoms with van der Waals surface area (Å²) in [6, 6.07) is 42.7. The largest absolute Gasteiger partial charge is 0.501 e. The number of aromatic nitrogens is 4. The number of pyridine rings is 2. The number of furan rings is 1. The van der Waals surface area contributed by atoms with Crippen molar-refractivity contribution in [3.05, 3.63) is 145 Å². The average Bonchev–Trinajstić information content (AvgIpc) is 3.64. The van der Waals surface area contributed by atoms with Crippen LogP contribution < -0.4 is 0 Å². The van der Waals surface area contributed by atoms with Crippen LogP contribution in [0.4, 0.5) is 0 Å². The third kappa shape index (κ3) is 5.27. The molecule has 0 aliphatic rings. The fourth-order valence-electron chi connectivity index (χ4n) is 5.32. The molecule has 4 aromatic heterocycles. The van der Waals surface area contributed by atoms with Gasteiger partial charge in [0.25, 0.3) is 0 Å². The maximum absolute atomic E-state index is 6.33. The Morgan fingerprint density at radius 1 is 0.721 bits per heavy atom. The molecule has 8 aromatic rings. The molecule has 8 rings (SSSR count). The Balaban J connectivity index is 0.000000213. The molecule has 4 heterocycles. The van der Waals surface area contributed by atoms with Gasteiger partial charge in [-0.15, -0.1) is 53.6 Å². The van der Waals surface area contributed by atoms with Crippen LogP contribution in [0.2, 0.25) is 0 Å². The van der Waals surface area contributed by atoms with Gasteiger partial charge in [-0.05, 0) is 48.5 Å². The van der Waals surface area contributed by atoms with Crippen LogP contribution in [0.5, 0.6) is 0 Å². The van der Waals surface area contributed by atoms with Crippen LogP contribution in [-0.4, -0.2) is 19.5 Å². The molecule has 4 aromatic carbocycles. The third-order valence-corrected chi connectivity index (χ3v) is 7.29. The van der Waals surface area contributed by atoms with Crippen molar-refractivity contribution in [2.75, 3.05) is 0 Å². The summed E-state index contributed by atoms with van der Waals surface area (Å²) in [4.78, 5) is 13.7. The quantitative estimate of drug-likeness (QED) is 0.170. The minimum Gasteiger partial charge on any atom is -0.501 e. The number of imidazole rings is 1. The summed E-state index contributed by atoms with van der Waals surface area (Å²) >= 11 is 0. The third-order valence-electron chi connectivity index (χ3n) is 7.29. The van der Waals surface area contributed by atoms with E-state index in [1.165, 1.54) is 0 Å². The van der Waals surface area contributed by atoms with Gasteiger partial charge in [-0.3, -0.25) is 4.98 Å². The Morgan fingerprint density at radius 2 is 1.51 bits per heavy atom. The van der Waals surface area contributed by atoms with Gasteiger partial charge < -0.3 is 14.0 Å². The second-order valence-corrected chi connectivity index (χ2v) is 10.0. The number of rotatable bonds is 3. The normalized spacial score (nSPS) is 10.8. The van der Waals surface area contributed by atoms with E-state index >= 15 is 0 Å². The molecular weight excluding hydrogens is 709 g/mol. The SMILES string of the molecule is Cc1c[c-]c(-c2nc3nccc(C)c3n2-c2ccccc2)c2oc3ccccc3c12.[Ir].[c-]1ccccc1-c1ccccn1. The van der Waals surface area contributed by atoms with Gasteiger partial charge in [-0.1, -0.05) is 66.4 Å². The molecule has 43 heavy (non-hydrogen) atoms. The molecule has 0 atom stereocenters. The summed E-state index contributed by atoms with van der Waals surface area (Å²) in [5.74, 6) is 0.780. The van der Waals surface area contributed by atoms with Crippen LogP contribution in [0, 0.1) is 26.0 Å². The molecule has 0 amide bonds. The van der Waals surface area contributed by atoms with Crippen molar-refractivity contribution in [2.24, 2.45) is 0 Å². The molecule has 0 saturated heterocycles. The topological polar surface area (TPSA) is 56.7 Å². The fourth-order valence-corrected chi connectivity index (χ4v) is 5.32. The first-order valence-corrected chi connectivity index (χ1v) is 13.8. The number of para-hydroxylation sites is 2. The van der Waals surface area contributed by atoms with E-state index in [-0.39, 0.29) is 20.1 Å². The molecule has 6 heteroatoms. The second-order valence-electron chi connectivity index (χ2n) is 10.0. The van der Waals surface area contributed by atoms with E-state index < -0.39 is 0 Å². The molecule has 0 saturated carbocycles. The Labute approximate surface area is 263 Å². The second kappa shape index (κ2) is 12.1. The summed E-state index contributed by atoms with van der Waals surface area (Å²) in [6.07, 6.45) is 3.59. The molecule has 0 bridgehead atoms. The molecule has 211 valence electrons. The number of fused-ring (bicyclic) bond motifs is 4. The monoisotopic (exact) mass is 735 g/mol. The van der Waals surface area contributed by atoms with Crippen LogP contribution in [0.1, 0.15) is 11.1 Å². The van der Waals surface area contributed by atoms with E-state index in [1.807, 2.05) is 91.0 Å². The number of nitrogens with zero attached hydrogens (tertiary/aromatic N) is 4. The Bertz CT molecular complexity index is 2120. The van der Waals surface area contributed by atoms with Gasteiger partial charge >= 0.3 is 0 Å². The molecule has 0 N–H and O–H groups in total. The minimum atomic E-state index is 0. The molecule has 5 nitrogen and oxygen atoms in total. The first-order chi connectivity index (χ1) is 20.7. The Hall–Kier alpha value is -4.90. The van der Waals surface area contributed by atoms with Crippen molar-refractivity contribution in [3.8, 4) is 28.3 Å². The summed E-state index contributed by atoms with van der Waals surface area (Å²) < 4.78 is 8.49. The molecule has 0 aliphatic heterocycles. The van der Waals surface area contributed by atoms with E-state index in [1.54, 1.807) is 12.4 Å². The minimum absolute atomic E-state index is 0. The molecular formula is C37H26IrN4O-2. The van der Waals surface area contributed by atoms with Gasteiger partial charge in [0, 0.05) is 43.6 Å². The first-order valence-electron chi connectivity index (χ1n) is 13.8. The average molecular weight is 735 g/mol. The van der Waals surface area contributed by atoms with Crippen molar-refractivity contribution in [3.63, 3.8) is 0 Å². The van der Waals surface area contributed by atoms with E-state index in [2.05, 4.69) is 58.7 Å². The Kier molecular flexibility index (Phi) is 7.97. The van der Waals surface area contributed by atoms with Gasteiger partial charge in [-0.2, -0.15) is 0 Å². The zero-order valence-corrected chi connectivity index (χ0v) is 26.0. The van der Waals surface area contributed by atoms with Crippen molar-refractivity contribution < 1.29 is 24.5 Å². The number of benzene rings is 4. The van der Waals surface area contributed by atoms with Crippen molar-refractivity contribution >= 4 is 33.1 Å². The van der Waals surface area contributed by atoms with Crippen LogP contribution in [0.3, 0.4) is 0 Å². The zero-order chi connectivity index (χ0) is 28.5. The molecule has 0 aliphatic carbocycles. The summed E-state index contributed by atoms with van der Waals surface area (Å²) in [5, 5.41) is 2.22. The van der Waals surface area contributed by atoms with Crippen LogP contribution in [-0.2, 0) is 20.1 Å².